The number of allylic oxidation sites excluding steroid dienone is 1. The van der Waals surface area contributed by atoms with Gasteiger partial charge in [-0.2, -0.15) is 0 Å². The minimum Gasteiger partial charge on any atom is -0.298 e. The van der Waals surface area contributed by atoms with Crippen molar-refractivity contribution in [2.75, 3.05) is 0 Å². The number of carbonyl (C=O) groups excluding carboxylic acids is 1. The fourth-order valence-corrected chi connectivity index (χ4v) is 2.96. The standard InChI is InChI=1S/C15H13ClOS/c1-2-11(10-17)9-12-7-8-15(18-12)13-5-3-4-6-14(13)16/h3-10H,2H2,1H3. The lowest BCUT2D eigenvalue weighted by atomic mass is 10.2. The van der Waals surface area contributed by atoms with Gasteiger partial charge in [0.1, 0.15) is 6.29 Å². The summed E-state index contributed by atoms with van der Waals surface area (Å²) in [6.45, 7) is 1.98. The van der Waals surface area contributed by atoms with Gasteiger partial charge in [-0.3, -0.25) is 4.79 Å². The van der Waals surface area contributed by atoms with Crippen LogP contribution in [0.3, 0.4) is 0 Å². The van der Waals surface area contributed by atoms with Gasteiger partial charge in [0.2, 0.25) is 0 Å². The van der Waals surface area contributed by atoms with Gasteiger partial charge in [0.25, 0.3) is 0 Å². The van der Waals surface area contributed by atoms with Gasteiger partial charge in [-0.1, -0.05) is 36.7 Å². The van der Waals surface area contributed by atoms with Crippen LogP contribution >= 0.6 is 22.9 Å². The van der Waals surface area contributed by atoms with Crippen molar-refractivity contribution in [1.82, 2.24) is 0 Å². The average Bonchev–Trinajstić information content (AvgIpc) is 2.85. The van der Waals surface area contributed by atoms with Crippen LogP contribution in [0.4, 0.5) is 0 Å². The van der Waals surface area contributed by atoms with Gasteiger partial charge in [-0.15, -0.1) is 11.3 Å². The smallest absolute Gasteiger partial charge is 0.146 e. The van der Waals surface area contributed by atoms with Crippen LogP contribution in [0.25, 0.3) is 16.5 Å². The van der Waals surface area contributed by atoms with Gasteiger partial charge in [0.15, 0.2) is 0 Å². The Morgan fingerprint density at radius 2 is 2.06 bits per heavy atom. The number of carbonyl (C=O) groups is 1. The van der Waals surface area contributed by atoms with Crippen LogP contribution in [-0.4, -0.2) is 6.29 Å². The molecule has 0 saturated carbocycles. The molecule has 1 nitrogen and oxygen atoms in total. The van der Waals surface area contributed by atoms with E-state index in [1.165, 1.54) is 0 Å². The number of thiophene rings is 1. The van der Waals surface area contributed by atoms with Gasteiger partial charge < -0.3 is 0 Å². The highest BCUT2D eigenvalue weighted by molar-refractivity contribution is 7.16. The van der Waals surface area contributed by atoms with E-state index >= 15 is 0 Å². The maximum absolute atomic E-state index is 10.8. The van der Waals surface area contributed by atoms with E-state index in [0.717, 1.165) is 38.6 Å². The van der Waals surface area contributed by atoms with Crippen LogP contribution in [0, 0.1) is 0 Å². The Morgan fingerprint density at radius 1 is 1.28 bits per heavy atom. The molecule has 0 unspecified atom stereocenters. The molecular weight excluding hydrogens is 264 g/mol. The van der Waals surface area contributed by atoms with Gasteiger partial charge in [-0.25, -0.2) is 0 Å². The maximum atomic E-state index is 10.8. The predicted molar refractivity (Wildman–Crippen MR) is 79.1 cm³/mol. The number of rotatable bonds is 4. The van der Waals surface area contributed by atoms with Crippen molar-refractivity contribution in [2.24, 2.45) is 0 Å². The van der Waals surface area contributed by atoms with E-state index in [2.05, 4.69) is 0 Å². The first-order valence-electron chi connectivity index (χ1n) is 5.75. The lowest BCUT2D eigenvalue weighted by Gasteiger charge is -1.99. The number of hydrogen-bond donors (Lipinski definition) is 0. The minimum atomic E-state index is 0.751. The highest BCUT2D eigenvalue weighted by Gasteiger charge is 2.05. The van der Waals surface area contributed by atoms with E-state index in [0.29, 0.717) is 0 Å². The Hall–Kier alpha value is -1.38. The number of benzene rings is 1. The fourth-order valence-electron chi connectivity index (χ4n) is 1.64. The normalized spacial score (nSPS) is 11.6. The Bertz CT molecular complexity index is 584. The first kappa shape index (κ1) is 13.1. The second-order valence-corrected chi connectivity index (χ2v) is 5.40. The third-order valence-electron chi connectivity index (χ3n) is 2.65. The highest BCUT2D eigenvalue weighted by Crippen LogP contribution is 2.33. The van der Waals surface area contributed by atoms with Gasteiger partial charge in [-0.05, 0) is 36.3 Å². The summed E-state index contributed by atoms with van der Waals surface area (Å²) in [6.07, 6.45) is 3.59. The van der Waals surface area contributed by atoms with Gasteiger partial charge in [0.05, 0.1) is 0 Å². The van der Waals surface area contributed by atoms with E-state index in [4.69, 9.17) is 11.6 Å². The molecule has 1 aromatic heterocycles. The highest BCUT2D eigenvalue weighted by atomic mass is 35.5. The van der Waals surface area contributed by atoms with Crippen molar-refractivity contribution >= 4 is 35.3 Å². The van der Waals surface area contributed by atoms with Crippen molar-refractivity contribution in [3.63, 3.8) is 0 Å². The first-order valence-corrected chi connectivity index (χ1v) is 6.94. The van der Waals surface area contributed by atoms with Gasteiger partial charge >= 0.3 is 0 Å². The molecule has 0 fully saturated rings. The summed E-state index contributed by atoms with van der Waals surface area (Å²) in [4.78, 5) is 13.0. The molecule has 1 aromatic carbocycles. The molecule has 0 aliphatic carbocycles. The van der Waals surface area contributed by atoms with Crippen molar-refractivity contribution in [3.05, 3.63) is 51.9 Å². The average molecular weight is 277 g/mol. The Balaban J connectivity index is 2.34. The van der Waals surface area contributed by atoms with Crippen LogP contribution in [0.2, 0.25) is 5.02 Å². The van der Waals surface area contributed by atoms with E-state index < -0.39 is 0 Å². The molecule has 3 heteroatoms. The third kappa shape index (κ3) is 2.89. The molecule has 18 heavy (non-hydrogen) atoms. The van der Waals surface area contributed by atoms with Crippen molar-refractivity contribution < 1.29 is 4.79 Å². The summed E-state index contributed by atoms with van der Waals surface area (Å²) in [5.41, 5.74) is 1.84. The fraction of sp³-hybridized carbons (Fsp3) is 0.133. The molecule has 0 saturated heterocycles. The van der Waals surface area contributed by atoms with Crippen LogP contribution in [0.1, 0.15) is 18.2 Å². The summed E-state index contributed by atoms with van der Waals surface area (Å²) >= 11 is 7.80. The molecule has 0 atom stereocenters. The van der Waals surface area contributed by atoms with Crippen molar-refractivity contribution in [3.8, 4) is 10.4 Å². The first-order chi connectivity index (χ1) is 8.74. The third-order valence-corrected chi connectivity index (χ3v) is 4.05. The zero-order valence-corrected chi connectivity index (χ0v) is 11.6. The van der Waals surface area contributed by atoms with Gasteiger partial charge in [0, 0.05) is 20.3 Å². The SMILES string of the molecule is CCC(C=O)=Cc1ccc(-c2ccccc2Cl)s1. The molecule has 2 aromatic rings. The topological polar surface area (TPSA) is 17.1 Å². The molecular formula is C15H13ClOS. The predicted octanol–water partition coefficient (Wildman–Crippen LogP) is 5.06. The molecule has 92 valence electrons. The molecule has 0 aliphatic rings. The number of halogens is 1. The van der Waals surface area contributed by atoms with Crippen molar-refractivity contribution in [2.45, 2.75) is 13.3 Å². The molecule has 0 aliphatic heterocycles. The summed E-state index contributed by atoms with van der Waals surface area (Å²) in [5, 5.41) is 0.751. The molecule has 1 heterocycles. The zero-order valence-electron chi connectivity index (χ0n) is 10.0. The Kier molecular flexibility index (Phi) is 4.34. The number of aldehydes is 1. The monoisotopic (exact) mass is 276 g/mol. The van der Waals surface area contributed by atoms with Crippen LogP contribution < -0.4 is 0 Å². The lowest BCUT2D eigenvalue weighted by molar-refractivity contribution is -0.104. The molecule has 0 amide bonds. The molecule has 0 N–H and O–H groups in total. The zero-order chi connectivity index (χ0) is 13.0. The summed E-state index contributed by atoms with van der Waals surface area (Å²) in [6, 6.07) is 11.8. The minimum absolute atomic E-state index is 0.751. The Labute approximate surface area is 116 Å². The molecule has 0 bridgehead atoms. The second kappa shape index (κ2) is 5.98. The van der Waals surface area contributed by atoms with E-state index in [9.17, 15) is 4.79 Å². The van der Waals surface area contributed by atoms with E-state index in [-0.39, 0.29) is 0 Å². The summed E-state index contributed by atoms with van der Waals surface area (Å²) < 4.78 is 0. The largest absolute Gasteiger partial charge is 0.298 e. The summed E-state index contributed by atoms with van der Waals surface area (Å²) in [7, 11) is 0. The van der Waals surface area contributed by atoms with E-state index in [1.807, 2.05) is 49.4 Å². The van der Waals surface area contributed by atoms with Crippen molar-refractivity contribution in [1.29, 1.82) is 0 Å². The lowest BCUT2D eigenvalue weighted by Crippen LogP contribution is -1.79. The van der Waals surface area contributed by atoms with Crippen LogP contribution in [-0.2, 0) is 4.79 Å². The maximum Gasteiger partial charge on any atom is 0.146 e. The number of hydrogen-bond acceptors (Lipinski definition) is 2. The molecule has 2 rings (SSSR count). The van der Waals surface area contributed by atoms with Crippen LogP contribution in [0.5, 0.6) is 0 Å². The second-order valence-electron chi connectivity index (χ2n) is 3.87. The van der Waals surface area contributed by atoms with Crippen LogP contribution in [0.15, 0.2) is 42.0 Å². The van der Waals surface area contributed by atoms with E-state index in [1.54, 1.807) is 11.3 Å². The quantitative estimate of drug-likeness (QED) is 0.563. The Morgan fingerprint density at radius 3 is 2.72 bits per heavy atom. The summed E-state index contributed by atoms with van der Waals surface area (Å²) in [5.74, 6) is 0. The molecule has 0 radical (unpaired) electrons. The molecule has 0 spiro atoms.